The molecule has 1 amide bonds. The fourth-order valence-electron chi connectivity index (χ4n) is 4.10. The van der Waals surface area contributed by atoms with Crippen molar-refractivity contribution in [1.29, 1.82) is 0 Å². The third kappa shape index (κ3) is 5.99. The number of hydrogen-bond acceptors (Lipinski definition) is 4. The molecule has 0 spiro atoms. The first-order valence-electron chi connectivity index (χ1n) is 11.0. The van der Waals surface area contributed by atoms with Crippen LogP contribution in [0.15, 0.2) is 89.8 Å². The Kier molecular flexibility index (Phi) is 8.23. The minimum atomic E-state index is -2.75. The number of rotatable bonds is 9. The van der Waals surface area contributed by atoms with E-state index in [2.05, 4.69) is 50.4 Å². The summed E-state index contributed by atoms with van der Waals surface area (Å²) in [5, 5.41) is 14.3. The fraction of sp³-hybridized carbons (Fsp3) is 0.269. The van der Waals surface area contributed by atoms with E-state index in [1.165, 1.54) is 11.8 Å². The number of amides is 1. The molecule has 3 rings (SSSR count). The van der Waals surface area contributed by atoms with E-state index in [4.69, 9.17) is 10.2 Å². The van der Waals surface area contributed by atoms with Gasteiger partial charge in [0.25, 0.3) is 8.32 Å². The minimum absolute atomic E-state index is 0.180. The molecular formula is C26H32N2O3SSi. The number of hydrogen-bond donors (Lipinski definition) is 3. The predicted octanol–water partition coefficient (Wildman–Crippen LogP) is 4.57. The first-order valence-corrected chi connectivity index (χ1v) is 13.8. The van der Waals surface area contributed by atoms with Gasteiger partial charge in [-0.3, -0.25) is 0 Å². The van der Waals surface area contributed by atoms with Crippen LogP contribution in [0.2, 0.25) is 5.04 Å². The quantitative estimate of drug-likeness (QED) is 0.237. The Morgan fingerprint density at radius 2 is 1.48 bits per heavy atom. The molecule has 0 fully saturated rings. The lowest BCUT2D eigenvalue weighted by Crippen LogP contribution is -2.67. The van der Waals surface area contributed by atoms with Crippen LogP contribution in [0.4, 0.5) is 10.5 Å². The summed E-state index contributed by atoms with van der Waals surface area (Å²) in [4.78, 5) is 12.5. The van der Waals surface area contributed by atoms with Crippen molar-refractivity contribution < 1.29 is 14.3 Å². The SMILES string of the molecule is CC(C)(C)[Si](OC[C@H](CSc1ccccc1N)NC(=O)O)(c1ccccc1)c1ccccc1. The summed E-state index contributed by atoms with van der Waals surface area (Å²) < 4.78 is 6.92. The molecule has 0 aliphatic heterocycles. The Morgan fingerprint density at radius 3 is 1.97 bits per heavy atom. The maximum absolute atomic E-state index is 11.6. The monoisotopic (exact) mass is 480 g/mol. The van der Waals surface area contributed by atoms with Gasteiger partial charge in [-0.05, 0) is 27.5 Å². The summed E-state index contributed by atoms with van der Waals surface area (Å²) in [5.41, 5.74) is 6.76. The number of carbonyl (C=O) groups is 1. The molecule has 5 nitrogen and oxygen atoms in total. The highest BCUT2D eigenvalue weighted by Crippen LogP contribution is 2.37. The van der Waals surface area contributed by atoms with Crippen LogP contribution in [-0.4, -0.2) is 37.9 Å². The molecule has 0 bridgehead atoms. The standard InChI is InChI=1S/C26H32N2O3SSi/c1-26(2,3)33(21-12-6-4-7-13-21,22-14-8-5-9-15-22)31-18-20(28-25(29)30)19-32-24-17-11-10-16-23(24)27/h4-17,20,28H,18-19,27H2,1-3H3,(H,29,30)/t20-/m1/s1. The number of anilines is 1. The Labute approximate surface area is 201 Å². The molecule has 4 N–H and O–H groups in total. The molecule has 174 valence electrons. The number of benzene rings is 3. The molecule has 0 radical (unpaired) electrons. The van der Waals surface area contributed by atoms with E-state index in [0.29, 0.717) is 11.4 Å². The van der Waals surface area contributed by atoms with Gasteiger partial charge in [-0.25, -0.2) is 4.79 Å². The first kappa shape index (κ1) is 24.9. The van der Waals surface area contributed by atoms with Crippen molar-refractivity contribution in [3.8, 4) is 0 Å². The lowest BCUT2D eigenvalue weighted by atomic mass is 10.2. The van der Waals surface area contributed by atoms with E-state index in [0.717, 1.165) is 15.3 Å². The van der Waals surface area contributed by atoms with Gasteiger partial charge in [0.1, 0.15) is 0 Å². The summed E-state index contributed by atoms with van der Waals surface area (Å²) in [6.07, 6.45) is -1.06. The van der Waals surface area contributed by atoms with Gasteiger partial charge in [0.15, 0.2) is 0 Å². The zero-order valence-corrected chi connectivity index (χ0v) is 21.1. The van der Waals surface area contributed by atoms with Crippen molar-refractivity contribution in [2.24, 2.45) is 0 Å². The number of nitrogens with two attached hydrogens (primary N) is 1. The molecule has 0 unspecified atom stereocenters. The van der Waals surface area contributed by atoms with Crippen molar-refractivity contribution in [3.63, 3.8) is 0 Å². The Bertz CT molecular complexity index is 1000. The largest absolute Gasteiger partial charge is 0.465 e. The van der Waals surface area contributed by atoms with Gasteiger partial charge in [-0.1, -0.05) is 93.6 Å². The van der Waals surface area contributed by atoms with Gasteiger partial charge in [0.2, 0.25) is 0 Å². The van der Waals surface area contributed by atoms with Crippen LogP contribution in [0.3, 0.4) is 0 Å². The highest BCUT2D eigenvalue weighted by atomic mass is 32.2. The number of nitrogens with one attached hydrogen (secondary N) is 1. The Balaban J connectivity index is 1.93. The molecule has 0 saturated heterocycles. The van der Waals surface area contributed by atoms with Gasteiger partial charge in [0, 0.05) is 16.3 Å². The third-order valence-corrected chi connectivity index (χ3v) is 11.9. The van der Waals surface area contributed by atoms with Gasteiger partial charge in [0.05, 0.1) is 12.6 Å². The van der Waals surface area contributed by atoms with E-state index < -0.39 is 20.5 Å². The second-order valence-corrected chi connectivity index (χ2v) is 14.3. The topological polar surface area (TPSA) is 84.6 Å². The van der Waals surface area contributed by atoms with Crippen LogP contribution in [0.1, 0.15) is 20.8 Å². The van der Waals surface area contributed by atoms with E-state index >= 15 is 0 Å². The number of carboxylic acid groups (broad SMARTS) is 1. The van der Waals surface area contributed by atoms with Gasteiger partial charge >= 0.3 is 6.09 Å². The smallest absolute Gasteiger partial charge is 0.404 e. The van der Waals surface area contributed by atoms with Crippen LogP contribution >= 0.6 is 11.8 Å². The molecule has 0 saturated carbocycles. The van der Waals surface area contributed by atoms with Crippen molar-refractivity contribution in [1.82, 2.24) is 5.32 Å². The van der Waals surface area contributed by atoms with E-state index in [1.54, 1.807) is 0 Å². The van der Waals surface area contributed by atoms with Crippen LogP contribution in [-0.2, 0) is 4.43 Å². The highest BCUT2D eigenvalue weighted by Gasteiger charge is 2.50. The zero-order valence-electron chi connectivity index (χ0n) is 19.3. The maximum atomic E-state index is 11.6. The summed E-state index contributed by atoms with van der Waals surface area (Å²) in [7, 11) is -2.75. The second kappa shape index (κ2) is 10.9. The molecular weight excluding hydrogens is 448 g/mol. The van der Waals surface area contributed by atoms with E-state index in [-0.39, 0.29) is 11.6 Å². The van der Waals surface area contributed by atoms with Crippen molar-refractivity contribution in [3.05, 3.63) is 84.9 Å². The van der Waals surface area contributed by atoms with Crippen molar-refractivity contribution >= 4 is 42.2 Å². The molecule has 0 heterocycles. The molecule has 0 aliphatic carbocycles. The van der Waals surface area contributed by atoms with Crippen LogP contribution < -0.4 is 21.4 Å². The summed E-state index contributed by atoms with van der Waals surface area (Å²) in [6.45, 7) is 6.88. The summed E-state index contributed by atoms with van der Waals surface area (Å²) in [6, 6.07) is 27.9. The second-order valence-electron chi connectivity index (χ2n) is 8.97. The van der Waals surface area contributed by atoms with Gasteiger partial charge < -0.3 is 20.6 Å². The van der Waals surface area contributed by atoms with Crippen LogP contribution in [0.5, 0.6) is 0 Å². The average molecular weight is 481 g/mol. The Morgan fingerprint density at radius 1 is 0.970 bits per heavy atom. The first-order chi connectivity index (χ1) is 15.7. The molecule has 0 aromatic heterocycles. The molecule has 3 aromatic rings. The molecule has 1 atom stereocenters. The van der Waals surface area contributed by atoms with Crippen LogP contribution in [0.25, 0.3) is 0 Å². The van der Waals surface area contributed by atoms with Crippen molar-refractivity contribution in [2.45, 2.75) is 36.7 Å². The van der Waals surface area contributed by atoms with E-state index in [9.17, 15) is 9.90 Å². The van der Waals surface area contributed by atoms with Crippen LogP contribution in [0, 0.1) is 0 Å². The number of nitrogen functional groups attached to an aromatic ring is 1. The molecule has 33 heavy (non-hydrogen) atoms. The maximum Gasteiger partial charge on any atom is 0.404 e. The molecule has 0 aliphatic rings. The lowest BCUT2D eigenvalue weighted by Gasteiger charge is -2.43. The Hall–Kier alpha value is -2.74. The molecule has 7 heteroatoms. The average Bonchev–Trinajstić information content (AvgIpc) is 2.79. The van der Waals surface area contributed by atoms with Crippen molar-refractivity contribution in [2.75, 3.05) is 18.1 Å². The van der Waals surface area contributed by atoms with Gasteiger partial charge in [-0.15, -0.1) is 11.8 Å². The molecule has 3 aromatic carbocycles. The third-order valence-electron chi connectivity index (χ3n) is 5.60. The normalized spacial score (nSPS) is 12.8. The lowest BCUT2D eigenvalue weighted by molar-refractivity contribution is 0.182. The number of para-hydroxylation sites is 1. The summed E-state index contributed by atoms with van der Waals surface area (Å²) >= 11 is 1.53. The number of thioether (sulfide) groups is 1. The highest BCUT2D eigenvalue weighted by molar-refractivity contribution is 7.99. The minimum Gasteiger partial charge on any atom is -0.465 e. The zero-order chi connectivity index (χ0) is 23.9. The predicted molar refractivity (Wildman–Crippen MR) is 140 cm³/mol. The summed E-state index contributed by atoms with van der Waals surface area (Å²) in [5.74, 6) is 0.513. The van der Waals surface area contributed by atoms with Gasteiger partial charge in [-0.2, -0.15) is 0 Å². The van der Waals surface area contributed by atoms with E-state index in [1.807, 2.05) is 60.7 Å². The fourth-order valence-corrected chi connectivity index (χ4v) is 9.67.